The van der Waals surface area contributed by atoms with Crippen LogP contribution in [0.1, 0.15) is 18.4 Å². The first-order valence-electron chi connectivity index (χ1n) is 5.59. The van der Waals surface area contributed by atoms with E-state index in [1.54, 1.807) is 0 Å². The summed E-state index contributed by atoms with van der Waals surface area (Å²) in [7, 11) is 0. The van der Waals surface area contributed by atoms with Gasteiger partial charge in [0.15, 0.2) is 0 Å². The summed E-state index contributed by atoms with van der Waals surface area (Å²) in [6.45, 7) is 1.91. The number of carbonyl (C=O) groups is 2. The molecular weight excluding hydrogens is 234 g/mol. The Balaban J connectivity index is 2.34. The summed E-state index contributed by atoms with van der Waals surface area (Å²) < 4.78 is 0. The molecule has 18 heavy (non-hydrogen) atoms. The predicted molar refractivity (Wildman–Crippen MR) is 67.8 cm³/mol. The number of nitrogens with one attached hydrogen (secondary N) is 2. The summed E-state index contributed by atoms with van der Waals surface area (Å²) in [5, 5.41) is 8.57. The molecule has 5 N–H and O–H groups in total. The first-order valence-corrected chi connectivity index (χ1v) is 5.59. The second-order valence-electron chi connectivity index (χ2n) is 3.97. The molecule has 6 heteroatoms. The normalized spacial score (nSPS) is 11.7. The predicted octanol–water partition coefficient (Wildman–Crippen LogP) is 0.630. The zero-order valence-corrected chi connectivity index (χ0v) is 10.1. The topological polar surface area (TPSA) is 104 Å². The number of carboxylic acid groups (broad SMARTS) is 1. The lowest BCUT2D eigenvalue weighted by atomic mass is 10.1. The zero-order valence-electron chi connectivity index (χ0n) is 10.1. The molecule has 0 heterocycles. The number of hydrogen-bond acceptors (Lipinski definition) is 4. The van der Waals surface area contributed by atoms with Gasteiger partial charge in [-0.05, 0) is 25.0 Å². The molecule has 0 aliphatic rings. The molecule has 0 saturated carbocycles. The maximum Gasteiger partial charge on any atom is 0.320 e. The van der Waals surface area contributed by atoms with Crippen molar-refractivity contribution in [3.63, 3.8) is 0 Å². The number of aryl methyl sites for hydroxylation is 1. The third-order valence-electron chi connectivity index (χ3n) is 2.48. The van der Waals surface area contributed by atoms with Crippen molar-refractivity contribution in [1.82, 2.24) is 5.43 Å². The minimum atomic E-state index is -1.10. The third kappa shape index (κ3) is 4.42. The number of benzene rings is 1. The number of hydrogen-bond donors (Lipinski definition) is 4. The Bertz CT molecular complexity index is 434. The Hall–Kier alpha value is -2.08. The number of nitrogens with two attached hydrogens (primary N) is 1. The van der Waals surface area contributed by atoms with E-state index in [2.05, 4.69) is 10.9 Å². The average molecular weight is 251 g/mol. The highest BCUT2D eigenvalue weighted by atomic mass is 16.4. The van der Waals surface area contributed by atoms with Crippen LogP contribution in [0.4, 0.5) is 5.69 Å². The van der Waals surface area contributed by atoms with E-state index in [1.165, 1.54) is 0 Å². The second kappa shape index (κ2) is 6.61. The fraction of sp³-hybridized carbons (Fsp3) is 0.333. The van der Waals surface area contributed by atoms with Gasteiger partial charge in [-0.3, -0.25) is 20.4 Å². The SMILES string of the molecule is Cc1ccccc1NNC(=O)CC[C@H](N)C(=O)O. The van der Waals surface area contributed by atoms with Crippen molar-refractivity contribution in [2.45, 2.75) is 25.8 Å². The summed E-state index contributed by atoms with van der Waals surface area (Å²) >= 11 is 0. The molecule has 0 aliphatic heterocycles. The minimum absolute atomic E-state index is 0.0619. The quantitative estimate of drug-likeness (QED) is 0.555. The molecular formula is C12H17N3O3. The van der Waals surface area contributed by atoms with Crippen molar-refractivity contribution < 1.29 is 14.7 Å². The van der Waals surface area contributed by atoms with E-state index >= 15 is 0 Å². The lowest BCUT2D eigenvalue weighted by Crippen LogP contribution is -2.34. The molecule has 0 aliphatic carbocycles. The van der Waals surface area contributed by atoms with Gasteiger partial charge in [0.2, 0.25) is 5.91 Å². The number of carboxylic acids is 1. The summed E-state index contributed by atoms with van der Waals surface area (Å²) in [4.78, 5) is 21.9. The van der Waals surface area contributed by atoms with Gasteiger partial charge in [0.05, 0.1) is 5.69 Å². The van der Waals surface area contributed by atoms with Crippen LogP contribution in [0.5, 0.6) is 0 Å². The van der Waals surface area contributed by atoms with Crippen LogP contribution in [0, 0.1) is 6.92 Å². The van der Waals surface area contributed by atoms with Crippen LogP contribution in [-0.4, -0.2) is 23.0 Å². The molecule has 0 fully saturated rings. The van der Waals surface area contributed by atoms with E-state index in [1.807, 2.05) is 31.2 Å². The number of anilines is 1. The highest BCUT2D eigenvalue weighted by Gasteiger charge is 2.13. The molecule has 6 nitrogen and oxygen atoms in total. The monoisotopic (exact) mass is 251 g/mol. The number of aliphatic carboxylic acids is 1. The lowest BCUT2D eigenvalue weighted by molar-refractivity contribution is -0.138. The van der Waals surface area contributed by atoms with Crippen molar-refractivity contribution in [3.8, 4) is 0 Å². The Morgan fingerprint density at radius 2 is 2.06 bits per heavy atom. The van der Waals surface area contributed by atoms with Gasteiger partial charge in [0.1, 0.15) is 6.04 Å². The molecule has 0 aromatic heterocycles. The van der Waals surface area contributed by atoms with Gasteiger partial charge >= 0.3 is 5.97 Å². The number of hydrazine groups is 1. The van der Waals surface area contributed by atoms with Crippen LogP contribution >= 0.6 is 0 Å². The molecule has 0 saturated heterocycles. The second-order valence-corrected chi connectivity index (χ2v) is 3.97. The van der Waals surface area contributed by atoms with Gasteiger partial charge in [-0.2, -0.15) is 0 Å². The summed E-state index contributed by atoms with van der Waals surface area (Å²) in [6.07, 6.45) is 0.170. The highest BCUT2D eigenvalue weighted by molar-refractivity contribution is 5.79. The number of carbonyl (C=O) groups excluding carboxylic acids is 1. The third-order valence-corrected chi connectivity index (χ3v) is 2.48. The first-order chi connectivity index (χ1) is 8.50. The first kappa shape index (κ1) is 14.0. The number of amides is 1. The van der Waals surface area contributed by atoms with Crippen LogP contribution in [0.3, 0.4) is 0 Å². The van der Waals surface area contributed by atoms with Crippen molar-refractivity contribution >= 4 is 17.6 Å². The van der Waals surface area contributed by atoms with E-state index in [4.69, 9.17) is 10.8 Å². The maximum absolute atomic E-state index is 11.4. The van der Waals surface area contributed by atoms with Gasteiger partial charge in [-0.1, -0.05) is 18.2 Å². The van der Waals surface area contributed by atoms with Crippen LogP contribution in [-0.2, 0) is 9.59 Å². The van der Waals surface area contributed by atoms with Gasteiger partial charge in [-0.25, -0.2) is 0 Å². The Morgan fingerprint density at radius 3 is 2.67 bits per heavy atom. The van der Waals surface area contributed by atoms with E-state index in [0.29, 0.717) is 0 Å². The van der Waals surface area contributed by atoms with Crippen molar-refractivity contribution in [3.05, 3.63) is 29.8 Å². The molecule has 1 aromatic rings. The van der Waals surface area contributed by atoms with Crippen molar-refractivity contribution in [1.29, 1.82) is 0 Å². The van der Waals surface area contributed by atoms with E-state index in [9.17, 15) is 9.59 Å². The highest BCUT2D eigenvalue weighted by Crippen LogP contribution is 2.11. The Kier molecular flexibility index (Phi) is 5.13. The van der Waals surface area contributed by atoms with Gasteiger partial charge in [0.25, 0.3) is 0 Å². The van der Waals surface area contributed by atoms with Crippen LogP contribution in [0.2, 0.25) is 0 Å². The Labute approximate surface area is 105 Å². The minimum Gasteiger partial charge on any atom is -0.480 e. The zero-order chi connectivity index (χ0) is 13.5. The molecule has 1 amide bonds. The average Bonchev–Trinajstić information content (AvgIpc) is 2.34. The van der Waals surface area contributed by atoms with Crippen LogP contribution in [0.15, 0.2) is 24.3 Å². The molecule has 0 radical (unpaired) electrons. The van der Waals surface area contributed by atoms with E-state index < -0.39 is 12.0 Å². The van der Waals surface area contributed by atoms with Gasteiger partial charge < -0.3 is 10.8 Å². The van der Waals surface area contributed by atoms with Gasteiger partial charge in [-0.15, -0.1) is 0 Å². The van der Waals surface area contributed by atoms with E-state index in [-0.39, 0.29) is 18.7 Å². The summed E-state index contributed by atoms with van der Waals surface area (Å²) in [5.41, 5.74) is 12.4. The molecule has 0 bridgehead atoms. The molecule has 1 aromatic carbocycles. The van der Waals surface area contributed by atoms with Crippen molar-refractivity contribution in [2.24, 2.45) is 5.73 Å². The largest absolute Gasteiger partial charge is 0.480 e. The van der Waals surface area contributed by atoms with Crippen LogP contribution < -0.4 is 16.6 Å². The van der Waals surface area contributed by atoms with Gasteiger partial charge in [0, 0.05) is 6.42 Å². The number of para-hydroxylation sites is 1. The van der Waals surface area contributed by atoms with Crippen molar-refractivity contribution in [2.75, 3.05) is 5.43 Å². The van der Waals surface area contributed by atoms with Crippen LogP contribution in [0.25, 0.3) is 0 Å². The lowest BCUT2D eigenvalue weighted by Gasteiger charge is -2.11. The molecule has 0 spiro atoms. The summed E-state index contributed by atoms with van der Waals surface area (Å²) in [5.74, 6) is -1.40. The standard InChI is InChI=1S/C12H17N3O3/c1-8-4-2-3-5-10(8)14-15-11(16)7-6-9(13)12(17)18/h2-5,9,14H,6-7,13H2,1H3,(H,15,16)(H,17,18)/t9-/m0/s1. The Morgan fingerprint density at radius 1 is 1.39 bits per heavy atom. The summed E-state index contributed by atoms with van der Waals surface area (Å²) in [6, 6.07) is 6.48. The molecule has 1 rings (SSSR count). The fourth-order valence-corrected chi connectivity index (χ4v) is 1.32. The maximum atomic E-state index is 11.4. The van der Waals surface area contributed by atoms with E-state index in [0.717, 1.165) is 11.3 Å². The molecule has 98 valence electrons. The molecule has 1 atom stereocenters. The molecule has 0 unspecified atom stereocenters. The fourth-order valence-electron chi connectivity index (χ4n) is 1.32. The smallest absolute Gasteiger partial charge is 0.320 e. The number of rotatable bonds is 6.